The molecule has 0 saturated carbocycles. The highest BCUT2D eigenvalue weighted by molar-refractivity contribution is 6.32. The topological polar surface area (TPSA) is 79.3 Å². The fourth-order valence-corrected chi connectivity index (χ4v) is 4.12. The van der Waals surface area contributed by atoms with E-state index in [4.69, 9.17) is 38.8 Å². The number of nitriles is 1. The van der Waals surface area contributed by atoms with Crippen molar-refractivity contribution in [3.05, 3.63) is 98.1 Å². The molecule has 0 bridgehead atoms. The Balaban J connectivity index is 0.000000806. The molecule has 2 aromatic rings. The Morgan fingerprint density at radius 1 is 1.13 bits per heavy atom. The highest BCUT2D eigenvalue weighted by Gasteiger charge is 2.37. The lowest BCUT2D eigenvalue weighted by Gasteiger charge is -2.26. The first-order chi connectivity index (χ1) is 14.5. The molecule has 2 aromatic carbocycles. The third-order valence-electron chi connectivity index (χ3n) is 4.93. The molecule has 1 heterocycles. The predicted octanol–water partition coefficient (Wildman–Crippen LogP) is 5.93. The fourth-order valence-electron chi connectivity index (χ4n) is 3.68. The summed E-state index contributed by atoms with van der Waals surface area (Å²) in [6.45, 7) is 1.93. The van der Waals surface area contributed by atoms with Crippen molar-refractivity contribution < 1.29 is 9.84 Å². The summed E-state index contributed by atoms with van der Waals surface area (Å²) in [5.41, 5.74) is 10.4. The van der Waals surface area contributed by atoms with Gasteiger partial charge in [-0.3, -0.25) is 0 Å². The second kappa shape index (κ2) is 9.86. The van der Waals surface area contributed by atoms with E-state index in [0.717, 1.165) is 40.9 Å². The van der Waals surface area contributed by atoms with E-state index < -0.39 is 0 Å². The van der Waals surface area contributed by atoms with Crippen LogP contribution in [0, 0.1) is 11.3 Å². The number of hydrogen-bond acceptors (Lipinski definition) is 4. The highest BCUT2D eigenvalue weighted by Crippen LogP contribution is 2.49. The van der Waals surface area contributed by atoms with E-state index in [1.165, 1.54) is 0 Å². The summed E-state index contributed by atoms with van der Waals surface area (Å²) >= 11 is 12.7. The van der Waals surface area contributed by atoms with Crippen LogP contribution < -0.4 is 5.73 Å². The van der Waals surface area contributed by atoms with Gasteiger partial charge in [-0.25, -0.2) is 0 Å². The number of allylic oxidation sites excluding steroid dienone is 3. The lowest BCUT2D eigenvalue weighted by molar-refractivity contribution is 0.292. The SMILES string of the molecule is CCO.N#CC1=C(N)OC2=C(CC/C2=C\c2ccccc2Cl)C1c1ccccc1Cl. The molecule has 1 aliphatic carbocycles. The van der Waals surface area contributed by atoms with Gasteiger partial charge in [0.1, 0.15) is 17.4 Å². The standard InChI is InChI=1S/C22H16Cl2N2O.C2H6O/c23-18-7-3-1-5-13(18)11-14-9-10-16-20(15-6-2-4-8-19(15)24)17(12-25)22(26)27-21(14)16;1-2-3/h1-8,11,20H,9-10,26H2;3H,2H2,1H3/b14-11+;. The minimum absolute atomic E-state index is 0.133. The van der Waals surface area contributed by atoms with E-state index >= 15 is 0 Å². The largest absolute Gasteiger partial charge is 0.440 e. The first-order valence-corrected chi connectivity index (χ1v) is 10.4. The normalized spacial score (nSPS) is 19.0. The molecule has 0 fully saturated rings. The van der Waals surface area contributed by atoms with Crippen LogP contribution in [0.4, 0.5) is 0 Å². The molecule has 1 atom stereocenters. The molecular formula is C24H22Cl2N2O2. The molecule has 0 radical (unpaired) electrons. The first-order valence-electron chi connectivity index (χ1n) is 9.63. The molecule has 4 nitrogen and oxygen atoms in total. The predicted molar refractivity (Wildman–Crippen MR) is 121 cm³/mol. The van der Waals surface area contributed by atoms with Crippen LogP contribution in [-0.4, -0.2) is 11.7 Å². The Morgan fingerprint density at radius 3 is 2.40 bits per heavy atom. The number of aliphatic hydroxyl groups excluding tert-OH is 1. The molecule has 4 rings (SSSR count). The van der Waals surface area contributed by atoms with Crippen molar-refractivity contribution in [1.29, 1.82) is 5.26 Å². The Labute approximate surface area is 186 Å². The number of rotatable bonds is 2. The number of nitrogens with two attached hydrogens (primary N) is 1. The molecule has 0 saturated heterocycles. The molecule has 0 amide bonds. The minimum atomic E-state index is -0.287. The molecule has 1 aliphatic heterocycles. The third-order valence-corrected chi connectivity index (χ3v) is 5.62. The van der Waals surface area contributed by atoms with Gasteiger partial charge in [0.15, 0.2) is 0 Å². The summed E-state index contributed by atoms with van der Waals surface area (Å²) in [5, 5.41) is 18.5. The number of aliphatic hydroxyl groups is 1. The smallest absolute Gasteiger partial charge is 0.205 e. The van der Waals surface area contributed by atoms with Crippen molar-refractivity contribution in [1.82, 2.24) is 0 Å². The molecule has 3 N–H and O–H groups in total. The van der Waals surface area contributed by atoms with Gasteiger partial charge >= 0.3 is 0 Å². The van der Waals surface area contributed by atoms with Crippen LogP contribution in [0.2, 0.25) is 10.0 Å². The van der Waals surface area contributed by atoms with Gasteiger partial charge in [0.2, 0.25) is 5.88 Å². The zero-order chi connectivity index (χ0) is 21.7. The maximum absolute atomic E-state index is 9.68. The van der Waals surface area contributed by atoms with Crippen molar-refractivity contribution in [2.75, 3.05) is 6.61 Å². The Hall–Kier alpha value is -2.71. The van der Waals surface area contributed by atoms with Crippen LogP contribution in [0.3, 0.4) is 0 Å². The van der Waals surface area contributed by atoms with Gasteiger partial charge in [-0.1, -0.05) is 59.6 Å². The number of hydrogen-bond donors (Lipinski definition) is 2. The molecule has 154 valence electrons. The van der Waals surface area contributed by atoms with Crippen LogP contribution in [0.1, 0.15) is 36.8 Å². The number of nitrogens with zero attached hydrogens (tertiary/aromatic N) is 1. The molecular weight excluding hydrogens is 419 g/mol. The van der Waals surface area contributed by atoms with Gasteiger partial charge < -0.3 is 15.6 Å². The fraction of sp³-hybridized carbons (Fsp3) is 0.208. The molecule has 1 unspecified atom stereocenters. The van der Waals surface area contributed by atoms with Gasteiger partial charge in [-0.15, -0.1) is 0 Å². The van der Waals surface area contributed by atoms with Crippen LogP contribution in [0.25, 0.3) is 6.08 Å². The maximum atomic E-state index is 9.68. The summed E-state index contributed by atoms with van der Waals surface area (Å²) < 4.78 is 5.89. The summed E-state index contributed by atoms with van der Waals surface area (Å²) in [6.07, 6.45) is 3.60. The van der Waals surface area contributed by atoms with Gasteiger partial charge in [0.25, 0.3) is 0 Å². The van der Waals surface area contributed by atoms with Crippen molar-refractivity contribution in [3.8, 4) is 6.07 Å². The van der Waals surface area contributed by atoms with Crippen molar-refractivity contribution >= 4 is 29.3 Å². The van der Waals surface area contributed by atoms with Crippen LogP contribution in [0.5, 0.6) is 0 Å². The molecule has 2 aliphatic rings. The van der Waals surface area contributed by atoms with Crippen LogP contribution >= 0.6 is 23.2 Å². The van der Waals surface area contributed by atoms with Gasteiger partial charge in [0.05, 0.1) is 5.92 Å². The zero-order valence-electron chi connectivity index (χ0n) is 16.5. The number of benzene rings is 2. The summed E-state index contributed by atoms with van der Waals surface area (Å²) in [4.78, 5) is 0. The average molecular weight is 441 g/mol. The second-order valence-corrected chi connectivity index (χ2v) is 7.62. The quantitative estimate of drug-likeness (QED) is 0.605. The molecule has 0 aromatic heterocycles. The van der Waals surface area contributed by atoms with Crippen molar-refractivity contribution in [2.24, 2.45) is 5.73 Å². The van der Waals surface area contributed by atoms with E-state index in [0.29, 0.717) is 15.6 Å². The minimum Gasteiger partial charge on any atom is -0.440 e. The third kappa shape index (κ3) is 4.39. The van der Waals surface area contributed by atoms with Crippen molar-refractivity contribution in [2.45, 2.75) is 25.7 Å². The maximum Gasteiger partial charge on any atom is 0.205 e. The van der Waals surface area contributed by atoms with E-state index in [9.17, 15) is 5.26 Å². The van der Waals surface area contributed by atoms with Crippen LogP contribution in [0.15, 0.2) is 76.9 Å². The van der Waals surface area contributed by atoms with E-state index in [-0.39, 0.29) is 18.4 Å². The number of halogens is 2. The monoisotopic (exact) mass is 440 g/mol. The molecule has 6 heteroatoms. The lowest BCUT2D eigenvalue weighted by atomic mass is 9.83. The van der Waals surface area contributed by atoms with E-state index in [1.54, 1.807) is 6.92 Å². The Morgan fingerprint density at radius 2 is 1.77 bits per heavy atom. The Bertz CT molecular complexity index is 1080. The number of ether oxygens (including phenoxy) is 1. The first kappa shape index (κ1) is 22.0. The molecule has 30 heavy (non-hydrogen) atoms. The Kier molecular flexibility index (Phi) is 7.23. The van der Waals surface area contributed by atoms with Crippen molar-refractivity contribution in [3.63, 3.8) is 0 Å². The average Bonchev–Trinajstić information content (AvgIpc) is 3.12. The summed E-state index contributed by atoms with van der Waals surface area (Å²) in [6, 6.07) is 17.4. The van der Waals surface area contributed by atoms with E-state index in [1.807, 2.05) is 54.6 Å². The van der Waals surface area contributed by atoms with Gasteiger partial charge in [-0.2, -0.15) is 5.26 Å². The summed E-state index contributed by atoms with van der Waals surface area (Å²) in [7, 11) is 0. The van der Waals surface area contributed by atoms with Gasteiger partial charge in [0, 0.05) is 16.7 Å². The van der Waals surface area contributed by atoms with E-state index in [2.05, 4.69) is 6.07 Å². The summed E-state index contributed by atoms with van der Waals surface area (Å²) in [5.74, 6) is 0.578. The second-order valence-electron chi connectivity index (χ2n) is 6.81. The molecule has 0 spiro atoms. The van der Waals surface area contributed by atoms with Gasteiger partial charge in [-0.05, 0) is 60.2 Å². The highest BCUT2D eigenvalue weighted by atomic mass is 35.5. The lowest BCUT2D eigenvalue weighted by Crippen LogP contribution is -2.19. The van der Waals surface area contributed by atoms with Crippen LogP contribution in [-0.2, 0) is 4.74 Å². The zero-order valence-corrected chi connectivity index (χ0v) is 18.0.